The fourth-order valence-corrected chi connectivity index (χ4v) is 0.616. The van der Waals surface area contributed by atoms with E-state index in [1.807, 2.05) is 11.6 Å². The van der Waals surface area contributed by atoms with E-state index in [0.29, 0.717) is 0 Å². The Labute approximate surface area is 49.2 Å². The first kappa shape index (κ1) is 5.35. The minimum absolute atomic E-state index is 0.979. The number of hydrogen-bond acceptors (Lipinski definition) is 1. The van der Waals surface area contributed by atoms with Crippen LogP contribution in [0.15, 0.2) is 0 Å². The third-order valence-corrected chi connectivity index (χ3v) is 1.12. The van der Waals surface area contributed by atoms with E-state index < -0.39 is 0 Å². The first-order valence-corrected chi connectivity index (χ1v) is 2.65. The average Bonchev–Trinajstić information content (AvgIpc) is 2.14. The van der Waals surface area contributed by atoms with Crippen LogP contribution in [0.5, 0.6) is 0 Å². The molecule has 0 saturated carbocycles. The summed E-state index contributed by atoms with van der Waals surface area (Å²) in [6, 6.07) is 0. The van der Waals surface area contributed by atoms with Gasteiger partial charge < -0.3 is 4.57 Å². The lowest BCUT2D eigenvalue weighted by molar-refractivity contribution is 0.825. The van der Waals surface area contributed by atoms with Crippen LogP contribution in [0.3, 0.4) is 0 Å². The van der Waals surface area contributed by atoms with Crippen LogP contribution in [0, 0.1) is 12.5 Å². The second-order valence-corrected chi connectivity index (χ2v) is 1.68. The molecule has 2 radical (unpaired) electrons. The van der Waals surface area contributed by atoms with Crippen LogP contribution < -0.4 is 0 Å². The van der Waals surface area contributed by atoms with Crippen molar-refractivity contribution in [2.24, 2.45) is 7.05 Å². The number of hydrogen-bond donors (Lipinski definition) is 0. The molecule has 0 aliphatic carbocycles. The molecule has 2 nitrogen and oxygen atoms in total. The summed E-state index contributed by atoms with van der Waals surface area (Å²) in [5.41, 5.74) is 1.10. The predicted octanol–water partition coefficient (Wildman–Crippen LogP) is 0.583. The molecule has 0 spiro atoms. The number of aryl methyl sites for hydroxylation is 2. The largest absolute Gasteiger partial charge is 0.328 e. The zero-order chi connectivity index (χ0) is 5.98. The Bertz CT molecular complexity index is 167. The van der Waals surface area contributed by atoms with E-state index >= 15 is 0 Å². The van der Waals surface area contributed by atoms with Crippen LogP contribution in [-0.4, -0.2) is 9.55 Å². The second-order valence-electron chi connectivity index (χ2n) is 1.68. The number of nitrogens with zero attached hydrogens (tertiary/aromatic N) is 2. The number of imidazole rings is 1. The van der Waals surface area contributed by atoms with Gasteiger partial charge in [0.15, 0.2) is 6.33 Å². The molecule has 0 aromatic carbocycles. The Morgan fingerprint density at radius 2 is 2.50 bits per heavy atom. The molecule has 2 heteroatoms. The Hall–Kier alpha value is -0.790. The van der Waals surface area contributed by atoms with Crippen LogP contribution in [0.2, 0.25) is 0 Å². The topological polar surface area (TPSA) is 17.8 Å². The summed E-state index contributed by atoms with van der Waals surface area (Å²) in [6.45, 7) is 2.07. The molecule has 0 saturated heterocycles. The summed E-state index contributed by atoms with van der Waals surface area (Å²) >= 11 is 0. The van der Waals surface area contributed by atoms with E-state index in [-0.39, 0.29) is 0 Å². The SMILES string of the molecule is CCc1[c]n[c]n1C. The van der Waals surface area contributed by atoms with Gasteiger partial charge >= 0.3 is 0 Å². The van der Waals surface area contributed by atoms with Crippen LogP contribution in [0.1, 0.15) is 12.6 Å². The highest BCUT2D eigenvalue weighted by Crippen LogP contribution is 1.92. The van der Waals surface area contributed by atoms with Crippen molar-refractivity contribution in [1.29, 1.82) is 0 Å². The average molecular weight is 108 g/mol. The maximum atomic E-state index is 3.71. The molecule has 1 aromatic heterocycles. The lowest BCUT2D eigenvalue weighted by Crippen LogP contribution is -1.91. The summed E-state index contributed by atoms with van der Waals surface area (Å²) in [6.07, 6.45) is 6.52. The first-order valence-electron chi connectivity index (χ1n) is 2.65. The van der Waals surface area contributed by atoms with Gasteiger partial charge in [0.2, 0.25) is 0 Å². The highest BCUT2D eigenvalue weighted by molar-refractivity contribution is 4.92. The zero-order valence-corrected chi connectivity index (χ0v) is 5.10. The van der Waals surface area contributed by atoms with E-state index in [2.05, 4.69) is 24.4 Å². The van der Waals surface area contributed by atoms with Crippen LogP contribution in [-0.2, 0) is 13.5 Å². The molecule has 0 atom stereocenters. The Morgan fingerprint density at radius 3 is 2.75 bits per heavy atom. The fourth-order valence-electron chi connectivity index (χ4n) is 0.616. The minimum Gasteiger partial charge on any atom is -0.328 e. The van der Waals surface area contributed by atoms with Gasteiger partial charge in [0, 0.05) is 12.7 Å². The van der Waals surface area contributed by atoms with Crippen molar-refractivity contribution in [2.45, 2.75) is 13.3 Å². The quantitative estimate of drug-likeness (QED) is 0.514. The highest BCUT2D eigenvalue weighted by atomic mass is 15.0. The van der Waals surface area contributed by atoms with Crippen molar-refractivity contribution in [3.63, 3.8) is 0 Å². The van der Waals surface area contributed by atoms with E-state index in [4.69, 9.17) is 0 Å². The fraction of sp³-hybridized carbons (Fsp3) is 0.500. The summed E-state index contributed by atoms with van der Waals surface area (Å²) in [4.78, 5) is 3.71. The third kappa shape index (κ3) is 0.735. The second kappa shape index (κ2) is 1.99. The molecular weight excluding hydrogens is 100 g/mol. The summed E-state index contributed by atoms with van der Waals surface area (Å²) in [5.74, 6) is 0. The standard InChI is InChI=1S/C6H8N2/c1-3-6-4-7-5-8(6)2/h3H2,1-2H3. The molecule has 0 bridgehead atoms. The molecule has 1 heterocycles. The zero-order valence-electron chi connectivity index (χ0n) is 5.10. The Morgan fingerprint density at radius 1 is 1.75 bits per heavy atom. The van der Waals surface area contributed by atoms with E-state index in [9.17, 15) is 0 Å². The van der Waals surface area contributed by atoms with Crippen LogP contribution >= 0.6 is 0 Å². The first-order chi connectivity index (χ1) is 3.84. The molecule has 0 fully saturated rings. The third-order valence-electron chi connectivity index (χ3n) is 1.12. The molecule has 0 aliphatic heterocycles. The van der Waals surface area contributed by atoms with Crippen molar-refractivity contribution in [3.8, 4) is 0 Å². The van der Waals surface area contributed by atoms with Gasteiger partial charge in [-0.2, -0.15) is 0 Å². The van der Waals surface area contributed by atoms with Gasteiger partial charge in [-0.3, -0.25) is 0 Å². The number of aromatic nitrogens is 2. The lowest BCUT2D eigenvalue weighted by atomic mass is 10.4. The number of rotatable bonds is 1. The van der Waals surface area contributed by atoms with Crippen molar-refractivity contribution >= 4 is 0 Å². The molecule has 1 rings (SSSR count). The predicted molar refractivity (Wildman–Crippen MR) is 30.3 cm³/mol. The summed E-state index contributed by atoms with van der Waals surface area (Å²) < 4.78 is 1.85. The van der Waals surface area contributed by atoms with Crippen molar-refractivity contribution in [2.75, 3.05) is 0 Å². The summed E-state index contributed by atoms with van der Waals surface area (Å²) in [5, 5.41) is 0. The molecular formula is C6H8N2. The molecule has 8 heavy (non-hydrogen) atoms. The van der Waals surface area contributed by atoms with E-state index in [1.54, 1.807) is 0 Å². The molecule has 1 aromatic rings. The summed E-state index contributed by atoms with van der Waals surface area (Å²) in [7, 11) is 1.92. The normalized spacial score (nSPS) is 9.75. The highest BCUT2D eigenvalue weighted by Gasteiger charge is 1.92. The molecule has 0 amide bonds. The van der Waals surface area contributed by atoms with E-state index in [0.717, 1.165) is 12.1 Å². The van der Waals surface area contributed by atoms with Gasteiger partial charge in [-0.05, 0) is 6.42 Å². The van der Waals surface area contributed by atoms with Gasteiger partial charge in [-0.1, -0.05) is 6.92 Å². The molecule has 0 N–H and O–H groups in total. The smallest absolute Gasteiger partial charge is 0.177 e. The Balaban J connectivity index is 2.92. The minimum atomic E-state index is 0.979. The van der Waals surface area contributed by atoms with Gasteiger partial charge in [0.1, 0.15) is 6.20 Å². The van der Waals surface area contributed by atoms with Gasteiger partial charge in [0.25, 0.3) is 0 Å². The molecule has 0 aliphatic rings. The van der Waals surface area contributed by atoms with Crippen LogP contribution in [0.25, 0.3) is 0 Å². The Kier molecular flexibility index (Phi) is 1.33. The van der Waals surface area contributed by atoms with Crippen molar-refractivity contribution in [1.82, 2.24) is 9.55 Å². The van der Waals surface area contributed by atoms with Gasteiger partial charge in [-0.25, -0.2) is 4.98 Å². The monoisotopic (exact) mass is 108 g/mol. The lowest BCUT2D eigenvalue weighted by Gasteiger charge is -1.91. The van der Waals surface area contributed by atoms with Crippen molar-refractivity contribution < 1.29 is 0 Å². The molecule has 42 valence electrons. The van der Waals surface area contributed by atoms with Crippen molar-refractivity contribution in [3.05, 3.63) is 18.2 Å². The maximum Gasteiger partial charge on any atom is 0.177 e. The van der Waals surface area contributed by atoms with Gasteiger partial charge in [0.05, 0.1) is 0 Å². The van der Waals surface area contributed by atoms with E-state index in [1.165, 1.54) is 0 Å². The molecule has 0 unspecified atom stereocenters. The van der Waals surface area contributed by atoms with Gasteiger partial charge in [-0.15, -0.1) is 0 Å². The maximum absolute atomic E-state index is 3.71. The van der Waals surface area contributed by atoms with Crippen LogP contribution in [0.4, 0.5) is 0 Å².